The lowest BCUT2D eigenvalue weighted by atomic mass is 9.77. The number of methoxy groups -OCH3 is 1. The van der Waals surface area contributed by atoms with Gasteiger partial charge in [0.1, 0.15) is 35.7 Å². The molecule has 404 valence electrons. The van der Waals surface area contributed by atoms with Gasteiger partial charge in [-0.3, -0.25) is 24.4 Å². The van der Waals surface area contributed by atoms with Crippen molar-refractivity contribution in [2.75, 3.05) is 27.7 Å². The Kier molecular flexibility index (Phi) is 20.6. The van der Waals surface area contributed by atoms with Gasteiger partial charge >= 0.3 is 5.97 Å². The van der Waals surface area contributed by atoms with Crippen molar-refractivity contribution in [1.29, 1.82) is 0 Å². The van der Waals surface area contributed by atoms with Crippen molar-refractivity contribution >= 4 is 11.9 Å². The number of rotatable bonds is 15. The normalized spacial score (nSPS) is 39.4. The van der Waals surface area contributed by atoms with Crippen LogP contribution in [-0.2, 0) is 51.1 Å². The van der Waals surface area contributed by atoms with Gasteiger partial charge in [0, 0.05) is 63.2 Å². The molecule has 1 aromatic heterocycles. The number of hydrogen-bond donors (Lipinski definition) is 7. The van der Waals surface area contributed by atoms with Gasteiger partial charge < -0.3 is 58.9 Å². The van der Waals surface area contributed by atoms with Gasteiger partial charge in [0.2, 0.25) is 5.91 Å². The third-order valence-corrected chi connectivity index (χ3v) is 15.5. The number of esters is 1. The Morgan fingerprint density at radius 1 is 0.972 bits per heavy atom. The minimum Gasteiger partial charge on any atom is -0.459 e. The molecule has 7 N–H and O–H groups in total. The Balaban J connectivity index is 1.43. The average Bonchev–Trinajstić information content (AvgIpc) is 3.80. The number of ether oxygens (including phenoxy) is 6. The highest BCUT2D eigenvalue weighted by atomic mass is 16.7. The third kappa shape index (κ3) is 14.3. The number of carbonyl (C=O) groups excluding carboxylic acids is 2. The molecule has 2 aromatic rings. The zero-order chi connectivity index (χ0) is 52.7. The lowest BCUT2D eigenvalue weighted by molar-refractivity contribution is -0.318. The maximum atomic E-state index is 14.5. The third-order valence-electron chi connectivity index (χ3n) is 15.5. The number of cyclic esters (lactones) is 1. The largest absolute Gasteiger partial charge is 0.459 e. The molecule has 0 spiro atoms. The predicted molar refractivity (Wildman–Crippen MR) is 261 cm³/mol. The summed E-state index contributed by atoms with van der Waals surface area (Å²) >= 11 is 0. The van der Waals surface area contributed by atoms with E-state index in [9.17, 15) is 35.1 Å². The second-order valence-corrected chi connectivity index (χ2v) is 21.7. The first-order valence-electron chi connectivity index (χ1n) is 25.5. The van der Waals surface area contributed by atoms with Crippen LogP contribution in [0.1, 0.15) is 120 Å². The fraction of sp³-hybridized carbons (Fsp3) is 0.804. The number of nitrogens with zero attached hydrogens (tertiary/aromatic N) is 5. The summed E-state index contributed by atoms with van der Waals surface area (Å²) in [4.78, 5) is 29.8. The zero-order valence-electron chi connectivity index (χ0n) is 44.3. The van der Waals surface area contributed by atoms with E-state index in [1.54, 1.807) is 51.7 Å². The summed E-state index contributed by atoms with van der Waals surface area (Å²) in [6.07, 6.45) is -5.80. The first-order chi connectivity index (χ1) is 33.3. The summed E-state index contributed by atoms with van der Waals surface area (Å²) in [5.41, 5.74) is -0.346. The number of aromatic nitrogens is 3. The van der Waals surface area contributed by atoms with Crippen molar-refractivity contribution in [2.45, 2.75) is 218 Å². The molecule has 4 heterocycles. The van der Waals surface area contributed by atoms with Crippen molar-refractivity contribution in [3.8, 4) is 11.3 Å². The molecule has 1 aromatic carbocycles. The van der Waals surface area contributed by atoms with E-state index >= 15 is 0 Å². The smallest absolute Gasteiger partial charge is 0.311 e. The molecule has 3 saturated heterocycles. The number of likely N-dealkylation sites (N-methyl/N-ethyl adjacent to an activating group) is 2. The van der Waals surface area contributed by atoms with Crippen molar-refractivity contribution in [1.82, 2.24) is 30.3 Å². The van der Waals surface area contributed by atoms with E-state index in [4.69, 9.17) is 33.6 Å². The first kappa shape index (κ1) is 58.7. The number of carbonyl (C=O) groups is 2. The Labute approximate surface area is 420 Å². The molecule has 0 bridgehead atoms. The molecule has 0 radical (unpaired) electrons. The van der Waals surface area contributed by atoms with Gasteiger partial charge in [-0.1, -0.05) is 50.3 Å². The highest BCUT2D eigenvalue weighted by Crippen LogP contribution is 2.40. The number of aliphatic hydroxyl groups excluding tert-OH is 3. The number of benzene rings is 1. The lowest BCUT2D eigenvalue weighted by Crippen LogP contribution is -2.60. The monoisotopic (exact) mass is 1010 g/mol. The number of nitrogens with one attached hydrogen (secondary N) is 1. The van der Waals surface area contributed by atoms with Gasteiger partial charge in [-0.2, -0.15) is 0 Å². The minimum absolute atomic E-state index is 0.0957. The molecular formula is C51H86N6O14. The van der Waals surface area contributed by atoms with Crippen molar-refractivity contribution < 1.29 is 68.8 Å². The summed E-state index contributed by atoms with van der Waals surface area (Å²) in [5, 5.41) is 77.0. The molecule has 3 aliphatic rings. The topological polar surface area (TPSA) is 260 Å². The SMILES string of the molecule is CC[C@@H]1OC(=O)[C@H](C)[C@@H](O[C@@H]2C[C@](C)(OC)[C@H](O)[C@@H](C)O2)[C@@H](C)[C@@H](O[C@@H]2O[C@H](C)C[C@H](N(C)Cc3ccc(-c4cn(CCCCC(=O)NO)nn4)cc3)[C@H]2O)[C@](C)(O)C[C@@H](C)CN(C)[C@H](C)[C@@H](O)[C@]1(C)O. The fourth-order valence-corrected chi connectivity index (χ4v) is 11.0. The van der Waals surface area contributed by atoms with Crippen LogP contribution in [0.5, 0.6) is 0 Å². The van der Waals surface area contributed by atoms with E-state index in [0.717, 1.165) is 11.1 Å². The summed E-state index contributed by atoms with van der Waals surface area (Å²) in [6, 6.07) is 6.92. The fourth-order valence-electron chi connectivity index (χ4n) is 11.0. The molecule has 18 atom stereocenters. The van der Waals surface area contributed by atoms with Crippen LogP contribution < -0.4 is 5.48 Å². The van der Waals surface area contributed by atoms with Crippen molar-refractivity contribution in [2.24, 2.45) is 17.8 Å². The van der Waals surface area contributed by atoms with E-state index in [1.807, 2.05) is 70.2 Å². The second kappa shape index (κ2) is 24.9. The molecule has 71 heavy (non-hydrogen) atoms. The molecule has 3 aliphatic heterocycles. The molecular weight excluding hydrogens is 921 g/mol. The summed E-state index contributed by atoms with van der Waals surface area (Å²) in [7, 11) is 5.26. The van der Waals surface area contributed by atoms with Crippen LogP contribution >= 0.6 is 0 Å². The summed E-state index contributed by atoms with van der Waals surface area (Å²) < 4.78 is 40.0. The van der Waals surface area contributed by atoms with E-state index in [1.165, 1.54) is 14.0 Å². The van der Waals surface area contributed by atoms with Crippen LogP contribution in [0.2, 0.25) is 0 Å². The Morgan fingerprint density at radius 3 is 2.28 bits per heavy atom. The lowest BCUT2D eigenvalue weighted by Gasteiger charge is -2.49. The van der Waals surface area contributed by atoms with Gasteiger partial charge in [-0.15, -0.1) is 5.10 Å². The number of hydrogen-bond acceptors (Lipinski definition) is 18. The van der Waals surface area contributed by atoms with Crippen molar-refractivity contribution in [3.63, 3.8) is 0 Å². The van der Waals surface area contributed by atoms with Crippen molar-refractivity contribution in [3.05, 3.63) is 36.0 Å². The van der Waals surface area contributed by atoms with Gasteiger partial charge in [-0.05, 0) is 106 Å². The molecule has 1 amide bonds. The molecule has 0 unspecified atom stereocenters. The van der Waals surface area contributed by atoms with Gasteiger partial charge in [0.15, 0.2) is 12.6 Å². The number of amides is 1. The second-order valence-electron chi connectivity index (χ2n) is 21.7. The Bertz CT molecular complexity index is 1990. The number of aliphatic hydroxyl groups is 5. The van der Waals surface area contributed by atoms with Crippen LogP contribution in [0.25, 0.3) is 11.3 Å². The molecule has 3 fully saturated rings. The maximum absolute atomic E-state index is 14.5. The van der Waals surface area contributed by atoms with E-state index in [0.29, 0.717) is 44.6 Å². The molecule has 20 heteroatoms. The van der Waals surface area contributed by atoms with Crippen LogP contribution in [-0.4, -0.2) is 185 Å². The first-order valence-corrected chi connectivity index (χ1v) is 25.5. The Morgan fingerprint density at radius 2 is 1.65 bits per heavy atom. The van der Waals surface area contributed by atoms with Crippen LogP contribution in [0.3, 0.4) is 0 Å². The number of hydroxylamine groups is 1. The van der Waals surface area contributed by atoms with E-state index in [2.05, 4.69) is 15.2 Å². The average molecular weight is 1010 g/mol. The standard InChI is InChI=1S/C51H86N6O14/c1-14-39-51(10,64)44(60)33(6)55(11)26-29(2)24-49(8,63)46(31(4)43(32(5)47(62)69-39)70-41-25-50(9,66-13)45(61)34(7)68-41)71-48-42(59)38(23-30(3)67-48)56(12)27-35-18-20-36(21-19-35)37-28-57(54-52-37)22-16-15-17-40(58)53-65/h18-21,28-34,38-39,41-46,48,59-61,63-65H,14-17,22-27H2,1-13H3,(H,53,58)/t29-,30-,31-,32-,33-,34-,38+,39+,41-,42-,43+,44-,45-,46-,48+,49-,50+,51-/m1/s1. The number of aryl methyl sites for hydroxylation is 1. The maximum Gasteiger partial charge on any atom is 0.311 e. The summed E-state index contributed by atoms with van der Waals surface area (Å²) in [6.45, 7) is 19.0. The van der Waals surface area contributed by atoms with Gasteiger partial charge in [0.25, 0.3) is 0 Å². The molecule has 5 rings (SSSR count). The zero-order valence-corrected chi connectivity index (χ0v) is 44.3. The molecule has 20 nitrogen and oxygen atoms in total. The van der Waals surface area contributed by atoms with E-state index in [-0.39, 0.29) is 37.7 Å². The summed E-state index contributed by atoms with van der Waals surface area (Å²) in [5.74, 6) is -3.23. The molecule has 0 aliphatic carbocycles. The van der Waals surface area contributed by atoms with Crippen LogP contribution in [0, 0.1) is 17.8 Å². The van der Waals surface area contributed by atoms with Crippen LogP contribution in [0.15, 0.2) is 30.5 Å². The number of unbranched alkanes of at least 4 members (excludes halogenated alkanes) is 1. The highest BCUT2D eigenvalue weighted by molar-refractivity contribution is 5.74. The van der Waals surface area contributed by atoms with Gasteiger partial charge in [-0.25, -0.2) is 5.48 Å². The predicted octanol–water partition coefficient (Wildman–Crippen LogP) is 3.41. The molecule has 0 saturated carbocycles. The highest BCUT2D eigenvalue weighted by Gasteiger charge is 2.53. The van der Waals surface area contributed by atoms with E-state index < -0.39 is 108 Å². The minimum atomic E-state index is -1.84. The Hall–Kier alpha value is -3.22. The van der Waals surface area contributed by atoms with Crippen LogP contribution in [0.4, 0.5) is 0 Å². The quantitative estimate of drug-likeness (QED) is 0.0584. The van der Waals surface area contributed by atoms with Gasteiger partial charge in [0.05, 0.1) is 47.7 Å².